The number of halogens is 2. The lowest BCUT2D eigenvalue weighted by Crippen LogP contribution is -2.51. The van der Waals surface area contributed by atoms with Gasteiger partial charge in [-0.1, -0.05) is 35.3 Å². The zero-order chi connectivity index (χ0) is 29.2. The van der Waals surface area contributed by atoms with E-state index in [2.05, 4.69) is 16.4 Å². The molecule has 0 saturated heterocycles. The number of rotatable bonds is 5. The van der Waals surface area contributed by atoms with Gasteiger partial charge in [0.25, 0.3) is 11.8 Å². The van der Waals surface area contributed by atoms with Crippen LogP contribution in [0.4, 0.5) is 11.4 Å². The summed E-state index contributed by atoms with van der Waals surface area (Å²) in [5, 5.41) is 13.0. The van der Waals surface area contributed by atoms with Crippen molar-refractivity contribution in [3.05, 3.63) is 86.9 Å². The Labute approximate surface area is 246 Å². The van der Waals surface area contributed by atoms with Gasteiger partial charge in [-0.15, -0.1) is 0 Å². The predicted molar refractivity (Wildman–Crippen MR) is 156 cm³/mol. The molecule has 0 aliphatic carbocycles. The van der Waals surface area contributed by atoms with E-state index in [1.165, 1.54) is 12.0 Å². The van der Waals surface area contributed by atoms with Crippen molar-refractivity contribution in [2.24, 2.45) is 0 Å². The van der Waals surface area contributed by atoms with E-state index in [0.29, 0.717) is 55.5 Å². The number of pyridine rings is 1. The fourth-order valence-electron chi connectivity index (χ4n) is 5.82. The van der Waals surface area contributed by atoms with E-state index in [-0.39, 0.29) is 18.2 Å². The fourth-order valence-corrected chi connectivity index (χ4v) is 6.16. The third kappa shape index (κ3) is 3.75. The minimum Gasteiger partial charge on any atom is -0.496 e. The highest BCUT2D eigenvalue weighted by Gasteiger charge is 2.64. The van der Waals surface area contributed by atoms with Crippen LogP contribution in [0.1, 0.15) is 52.9 Å². The van der Waals surface area contributed by atoms with Crippen molar-refractivity contribution in [1.29, 1.82) is 5.26 Å². The van der Waals surface area contributed by atoms with Crippen molar-refractivity contribution in [3.63, 3.8) is 0 Å². The van der Waals surface area contributed by atoms with Crippen LogP contribution < -0.4 is 15.0 Å². The second-order valence-corrected chi connectivity index (χ2v) is 11.1. The minimum absolute atomic E-state index is 0.112. The molecule has 2 aliphatic heterocycles. The molecule has 1 atom stereocenters. The smallest absolute Gasteiger partial charge is 0.280 e. The van der Waals surface area contributed by atoms with Gasteiger partial charge in [-0.2, -0.15) is 5.26 Å². The Bertz CT molecular complexity index is 1830. The molecule has 0 saturated carbocycles. The lowest BCUT2D eigenvalue weighted by molar-refractivity contribution is -0.119. The molecule has 1 spiro atoms. The number of ether oxygens (including phenoxy) is 1. The first kappa shape index (κ1) is 26.8. The number of nitrogens with zero attached hydrogens (tertiary/aromatic N) is 5. The van der Waals surface area contributed by atoms with E-state index in [1.807, 2.05) is 31.4 Å². The number of carbonyl (C=O) groups is 2. The SMILES string of the molecule is COc1cc(CC#N)ncc1-c1nc2c(n1C(C)C)[C@@]1(C(=O)Nc3cc(Cl)ccc31)N(c1cc(Cl)ccc1C)C2=O. The quantitative estimate of drug-likeness (QED) is 0.303. The van der Waals surface area contributed by atoms with E-state index in [0.717, 1.165) is 5.56 Å². The van der Waals surface area contributed by atoms with Gasteiger partial charge in [-0.05, 0) is 50.6 Å². The molecule has 2 aromatic carbocycles. The summed E-state index contributed by atoms with van der Waals surface area (Å²) in [7, 11) is 1.52. The van der Waals surface area contributed by atoms with E-state index < -0.39 is 17.4 Å². The first-order valence-corrected chi connectivity index (χ1v) is 13.6. The summed E-state index contributed by atoms with van der Waals surface area (Å²) < 4.78 is 7.56. The van der Waals surface area contributed by atoms with Crippen molar-refractivity contribution in [3.8, 4) is 23.2 Å². The van der Waals surface area contributed by atoms with Gasteiger partial charge in [0.15, 0.2) is 11.2 Å². The molecular formula is C30H24Cl2N6O3. The summed E-state index contributed by atoms with van der Waals surface area (Å²) in [6.45, 7) is 5.77. The Hall–Kier alpha value is -4.39. The van der Waals surface area contributed by atoms with E-state index in [9.17, 15) is 9.59 Å². The number of aromatic nitrogens is 3. The molecule has 6 rings (SSSR count). The number of hydrogen-bond acceptors (Lipinski definition) is 6. The maximum absolute atomic E-state index is 14.5. The van der Waals surface area contributed by atoms with Crippen molar-refractivity contribution in [1.82, 2.24) is 14.5 Å². The van der Waals surface area contributed by atoms with Crippen LogP contribution >= 0.6 is 23.2 Å². The van der Waals surface area contributed by atoms with E-state index in [1.54, 1.807) is 42.6 Å². The van der Waals surface area contributed by atoms with Crippen LogP contribution in [-0.2, 0) is 16.8 Å². The first-order chi connectivity index (χ1) is 19.6. The van der Waals surface area contributed by atoms with Gasteiger partial charge in [-0.3, -0.25) is 19.5 Å². The molecule has 206 valence electrons. The first-order valence-electron chi connectivity index (χ1n) is 12.9. The number of carbonyl (C=O) groups excluding carboxylic acids is 2. The molecule has 0 bridgehead atoms. The maximum Gasteiger partial charge on any atom is 0.280 e. The van der Waals surface area contributed by atoms with Gasteiger partial charge in [0, 0.05) is 39.6 Å². The molecule has 11 heteroatoms. The zero-order valence-electron chi connectivity index (χ0n) is 22.6. The van der Waals surface area contributed by atoms with E-state index in [4.69, 9.17) is 38.2 Å². The molecule has 2 aliphatic rings. The highest BCUT2D eigenvalue weighted by atomic mass is 35.5. The fraction of sp³-hybridized carbons (Fsp3) is 0.233. The Morgan fingerprint density at radius 3 is 2.56 bits per heavy atom. The highest BCUT2D eigenvalue weighted by molar-refractivity contribution is 6.32. The molecule has 4 heterocycles. The molecular weight excluding hydrogens is 563 g/mol. The molecule has 0 radical (unpaired) electrons. The van der Waals surface area contributed by atoms with Crippen LogP contribution in [0.3, 0.4) is 0 Å². The van der Waals surface area contributed by atoms with Crippen LogP contribution in [0.25, 0.3) is 11.4 Å². The Morgan fingerprint density at radius 1 is 1.12 bits per heavy atom. The average molecular weight is 587 g/mol. The van der Waals surface area contributed by atoms with Crippen LogP contribution in [0.15, 0.2) is 48.7 Å². The number of hydrogen-bond donors (Lipinski definition) is 1. The predicted octanol–water partition coefficient (Wildman–Crippen LogP) is 6.07. The minimum atomic E-state index is -1.60. The average Bonchev–Trinajstić information content (AvgIpc) is 3.54. The summed E-state index contributed by atoms with van der Waals surface area (Å²) in [5.74, 6) is 0.00669. The van der Waals surface area contributed by atoms with Crippen molar-refractivity contribution in [2.45, 2.75) is 38.8 Å². The summed E-state index contributed by atoms with van der Waals surface area (Å²) in [4.78, 5) is 39.6. The van der Waals surface area contributed by atoms with Crippen molar-refractivity contribution >= 4 is 46.4 Å². The monoisotopic (exact) mass is 586 g/mol. The van der Waals surface area contributed by atoms with Gasteiger partial charge < -0.3 is 14.6 Å². The Balaban J connectivity index is 1.71. The number of benzene rings is 2. The van der Waals surface area contributed by atoms with Gasteiger partial charge in [0.1, 0.15) is 11.6 Å². The van der Waals surface area contributed by atoms with Crippen LogP contribution in [-0.4, -0.2) is 33.5 Å². The molecule has 9 nitrogen and oxygen atoms in total. The second kappa shape index (κ2) is 9.61. The summed E-state index contributed by atoms with van der Waals surface area (Å²) in [5.41, 5.74) is 2.36. The largest absolute Gasteiger partial charge is 0.496 e. The van der Waals surface area contributed by atoms with Crippen LogP contribution in [0.2, 0.25) is 10.0 Å². The second-order valence-electron chi connectivity index (χ2n) is 10.2. The lowest BCUT2D eigenvalue weighted by Gasteiger charge is -2.36. The number of amides is 2. The topological polar surface area (TPSA) is 113 Å². The van der Waals surface area contributed by atoms with Gasteiger partial charge in [0.05, 0.1) is 42.2 Å². The molecule has 1 N–H and O–H groups in total. The van der Waals surface area contributed by atoms with E-state index >= 15 is 0 Å². The third-order valence-corrected chi connectivity index (χ3v) is 7.99. The normalized spacial score (nSPS) is 17.2. The third-order valence-electron chi connectivity index (χ3n) is 7.52. The molecule has 2 aromatic heterocycles. The highest BCUT2D eigenvalue weighted by Crippen LogP contribution is 2.55. The number of nitrogens with one attached hydrogen (secondary N) is 1. The number of methoxy groups -OCH3 is 1. The Kier molecular flexibility index (Phi) is 6.29. The number of anilines is 2. The summed E-state index contributed by atoms with van der Waals surface area (Å²) in [6.07, 6.45) is 1.70. The molecule has 0 fully saturated rings. The molecule has 2 amide bonds. The van der Waals surface area contributed by atoms with Gasteiger partial charge in [0.2, 0.25) is 0 Å². The molecule has 0 unspecified atom stereocenters. The number of imidazole rings is 1. The number of aryl methyl sites for hydroxylation is 1. The van der Waals surface area contributed by atoms with Crippen LogP contribution in [0, 0.1) is 18.3 Å². The lowest BCUT2D eigenvalue weighted by atomic mass is 9.86. The Morgan fingerprint density at radius 2 is 1.85 bits per heavy atom. The molecule has 4 aromatic rings. The van der Waals surface area contributed by atoms with Crippen molar-refractivity contribution in [2.75, 3.05) is 17.3 Å². The van der Waals surface area contributed by atoms with Gasteiger partial charge in [-0.25, -0.2) is 4.98 Å². The molecule has 41 heavy (non-hydrogen) atoms. The summed E-state index contributed by atoms with van der Waals surface area (Å²) in [6, 6.07) is 13.9. The van der Waals surface area contributed by atoms with Crippen LogP contribution in [0.5, 0.6) is 5.75 Å². The standard InChI is InChI=1S/C30H24Cl2N6O3/c1-15(2)37-26-25(36-27(37)20-14-34-19(9-10-33)13-24(20)41-4)28(39)38(23-12-18(32)6-5-16(23)3)30(26)21-8-7-17(31)11-22(21)35-29(30)40/h5-8,11-15H,9H2,1-4H3,(H,35,40)/t30-/m0/s1. The number of fused-ring (bicyclic) bond motifs is 4. The summed E-state index contributed by atoms with van der Waals surface area (Å²) >= 11 is 12.7. The van der Waals surface area contributed by atoms with Gasteiger partial charge >= 0.3 is 0 Å². The maximum atomic E-state index is 14.5. The number of nitriles is 1. The zero-order valence-corrected chi connectivity index (χ0v) is 24.1. The van der Waals surface area contributed by atoms with Crippen molar-refractivity contribution < 1.29 is 14.3 Å².